The number of carbonyl (C=O) groups excluding carboxylic acids is 1. The van der Waals surface area contributed by atoms with Crippen molar-refractivity contribution in [1.82, 2.24) is 20.3 Å². The number of hydrogen-bond donors (Lipinski definition) is 3. The second-order valence-electron chi connectivity index (χ2n) is 9.20. The van der Waals surface area contributed by atoms with E-state index >= 15 is 0 Å². The lowest BCUT2D eigenvalue weighted by Crippen LogP contribution is -2.34. The summed E-state index contributed by atoms with van der Waals surface area (Å²) in [4.78, 5) is 24.9. The lowest BCUT2D eigenvalue weighted by Gasteiger charge is -2.13. The van der Waals surface area contributed by atoms with Crippen molar-refractivity contribution in [2.75, 3.05) is 6.61 Å². The first-order valence-corrected chi connectivity index (χ1v) is 11.4. The molecule has 0 radical (unpaired) electrons. The van der Waals surface area contributed by atoms with Gasteiger partial charge in [-0.25, -0.2) is 23.1 Å². The van der Waals surface area contributed by atoms with Crippen molar-refractivity contribution in [3.8, 4) is 17.0 Å². The minimum Gasteiger partial charge on any atom is -0.493 e. The van der Waals surface area contributed by atoms with Gasteiger partial charge in [0, 0.05) is 35.3 Å². The number of benzene rings is 1. The van der Waals surface area contributed by atoms with E-state index in [9.17, 15) is 18.0 Å². The second-order valence-corrected chi connectivity index (χ2v) is 9.20. The fourth-order valence-corrected chi connectivity index (χ4v) is 4.48. The first-order valence-electron chi connectivity index (χ1n) is 11.4. The molecule has 35 heavy (non-hydrogen) atoms. The number of H-pyrrole nitrogens is 1. The molecule has 0 aliphatic heterocycles. The first kappa shape index (κ1) is 25.2. The van der Waals surface area contributed by atoms with E-state index in [2.05, 4.69) is 20.3 Å². The van der Waals surface area contributed by atoms with Crippen LogP contribution in [0.5, 0.6) is 5.75 Å². The smallest absolute Gasteiger partial charge is 0.263 e. The molecule has 0 saturated heterocycles. The molecule has 188 valence electrons. The molecule has 2 saturated carbocycles. The predicted molar refractivity (Wildman–Crippen MR) is 128 cm³/mol. The zero-order chi connectivity index (χ0) is 24.0. The van der Waals surface area contributed by atoms with Gasteiger partial charge in [-0.05, 0) is 50.3 Å². The van der Waals surface area contributed by atoms with Gasteiger partial charge in [-0.3, -0.25) is 4.79 Å². The quantitative estimate of drug-likeness (QED) is 0.430. The molecule has 2 aromatic heterocycles. The molecular formula is C24H27ClF3N5O2. The molecule has 4 N–H and O–H groups in total. The van der Waals surface area contributed by atoms with Gasteiger partial charge in [0.25, 0.3) is 12.3 Å². The van der Waals surface area contributed by atoms with Crippen LogP contribution >= 0.6 is 12.4 Å². The molecule has 1 aromatic carbocycles. The van der Waals surface area contributed by atoms with Gasteiger partial charge in [-0.2, -0.15) is 0 Å². The van der Waals surface area contributed by atoms with Gasteiger partial charge in [-0.1, -0.05) is 0 Å². The van der Waals surface area contributed by atoms with Crippen LogP contribution in [0.2, 0.25) is 0 Å². The number of amides is 1. The highest BCUT2D eigenvalue weighted by Gasteiger charge is 2.34. The number of halogens is 4. The van der Waals surface area contributed by atoms with Crippen LogP contribution in [0.15, 0.2) is 24.5 Å². The number of nitrogens with one attached hydrogen (secondary N) is 2. The average Bonchev–Trinajstić information content (AvgIpc) is 3.49. The zero-order valence-electron chi connectivity index (χ0n) is 19.1. The minimum absolute atomic E-state index is 0. The van der Waals surface area contributed by atoms with Crippen molar-refractivity contribution in [2.24, 2.45) is 11.7 Å². The van der Waals surface area contributed by atoms with E-state index in [-0.39, 0.29) is 30.4 Å². The maximum absolute atomic E-state index is 13.8. The minimum atomic E-state index is -2.66. The third kappa shape index (κ3) is 5.08. The SMILES string of the molecule is Cc1[nH]c2c(-c3cc(C(F)F)ccc3OCC3CC3)ncnc2c1C(=O)NC1CC(N)C(F)C1.Cl. The number of alkyl halides is 3. The van der Waals surface area contributed by atoms with E-state index in [1.807, 2.05) is 0 Å². The van der Waals surface area contributed by atoms with Crippen LogP contribution in [0.1, 0.15) is 53.7 Å². The van der Waals surface area contributed by atoms with Crippen molar-refractivity contribution in [3.63, 3.8) is 0 Å². The van der Waals surface area contributed by atoms with Crippen LogP contribution < -0.4 is 15.8 Å². The molecule has 3 aromatic rings. The van der Waals surface area contributed by atoms with E-state index in [0.29, 0.717) is 58.2 Å². The topological polar surface area (TPSA) is 106 Å². The van der Waals surface area contributed by atoms with Crippen LogP contribution in [0.4, 0.5) is 13.2 Å². The molecule has 7 nitrogen and oxygen atoms in total. The molecular weight excluding hydrogens is 483 g/mol. The number of hydrogen-bond acceptors (Lipinski definition) is 5. The standard InChI is InChI=1S/C24H26F3N5O2.ClH/c1-11-19(24(33)32-14-7-16(25)17(28)8-14)21-22(31-11)20(29-10-30-21)15-6-13(23(26)27)4-5-18(15)34-9-12-2-3-12;/h4-6,10,12,14,16-17,23,31H,2-3,7-9,28H2,1H3,(H,32,33);1H. The fourth-order valence-electron chi connectivity index (χ4n) is 4.48. The van der Waals surface area contributed by atoms with Crippen molar-refractivity contribution in [1.29, 1.82) is 0 Å². The van der Waals surface area contributed by atoms with Gasteiger partial charge in [-0.15, -0.1) is 12.4 Å². The first-order chi connectivity index (χ1) is 16.3. The third-order valence-corrected chi connectivity index (χ3v) is 6.55. The molecule has 0 bridgehead atoms. The molecule has 1 amide bonds. The normalized spacial score (nSPS) is 21.8. The number of nitrogens with two attached hydrogens (primary N) is 1. The van der Waals surface area contributed by atoms with Gasteiger partial charge < -0.3 is 20.8 Å². The number of aromatic nitrogens is 3. The fraction of sp³-hybridized carbons (Fsp3) is 0.458. The molecule has 3 atom stereocenters. The van der Waals surface area contributed by atoms with E-state index in [4.69, 9.17) is 10.5 Å². The van der Waals surface area contributed by atoms with E-state index in [1.165, 1.54) is 24.5 Å². The van der Waals surface area contributed by atoms with Crippen molar-refractivity contribution >= 4 is 29.3 Å². The molecule has 0 spiro atoms. The summed E-state index contributed by atoms with van der Waals surface area (Å²) in [5, 5.41) is 2.85. The van der Waals surface area contributed by atoms with Crippen LogP contribution in [-0.2, 0) is 0 Å². The van der Waals surface area contributed by atoms with Crippen molar-refractivity contribution in [3.05, 3.63) is 41.3 Å². The summed E-state index contributed by atoms with van der Waals surface area (Å²) in [6, 6.07) is 3.28. The predicted octanol–water partition coefficient (Wildman–Crippen LogP) is 4.64. The molecule has 11 heteroatoms. The van der Waals surface area contributed by atoms with E-state index < -0.39 is 24.5 Å². The highest BCUT2D eigenvalue weighted by Crippen LogP contribution is 2.38. The Hall–Kier alpha value is -2.85. The Balaban J connectivity index is 0.00000289. The molecule has 2 fully saturated rings. The highest BCUT2D eigenvalue weighted by molar-refractivity contribution is 6.09. The molecule has 2 aliphatic carbocycles. The maximum atomic E-state index is 13.8. The molecule has 2 aliphatic rings. The van der Waals surface area contributed by atoms with E-state index in [0.717, 1.165) is 12.8 Å². The summed E-state index contributed by atoms with van der Waals surface area (Å²) in [5.74, 6) is 0.526. The van der Waals surface area contributed by atoms with Gasteiger partial charge in [0.15, 0.2) is 0 Å². The largest absolute Gasteiger partial charge is 0.493 e. The number of nitrogens with zero attached hydrogens (tertiary/aromatic N) is 2. The highest BCUT2D eigenvalue weighted by atomic mass is 35.5. The maximum Gasteiger partial charge on any atom is 0.263 e. The van der Waals surface area contributed by atoms with Gasteiger partial charge >= 0.3 is 0 Å². The Morgan fingerprint density at radius 3 is 2.71 bits per heavy atom. The van der Waals surface area contributed by atoms with Gasteiger partial charge in [0.2, 0.25) is 0 Å². The van der Waals surface area contributed by atoms with Crippen LogP contribution in [0, 0.1) is 12.8 Å². The summed E-state index contributed by atoms with van der Waals surface area (Å²) in [6.07, 6.45) is 0.187. The van der Waals surface area contributed by atoms with Crippen LogP contribution in [0.25, 0.3) is 22.3 Å². The van der Waals surface area contributed by atoms with Crippen LogP contribution in [0.3, 0.4) is 0 Å². The third-order valence-electron chi connectivity index (χ3n) is 6.55. The lowest BCUT2D eigenvalue weighted by molar-refractivity contribution is 0.0937. The summed E-state index contributed by atoms with van der Waals surface area (Å²) < 4.78 is 46.7. The van der Waals surface area contributed by atoms with Crippen LogP contribution in [-0.4, -0.2) is 45.7 Å². The summed E-state index contributed by atoms with van der Waals surface area (Å²) in [7, 11) is 0. The number of aryl methyl sites for hydroxylation is 1. The Morgan fingerprint density at radius 1 is 1.29 bits per heavy atom. The summed E-state index contributed by atoms with van der Waals surface area (Å²) in [5.41, 5.74) is 8.01. The number of fused-ring (bicyclic) bond motifs is 1. The molecule has 5 rings (SSSR count). The molecule has 3 unspecified atom stereocenters. The monoisotopic (exact) mass is 509 g/mol. The van der Waals surface area contributed by atoms with Gasteiger partial charge in [0.1, 0.15) is 29.5 Å². The Morgan fingerprint density at radius 2 is 2.06 bits per heavy atom. The van der Waals surface area contributed by atoms with Crippen molar-refractivity contribution in [2.45, 2.75) is 57.3 Å². The van der Waals surface area contributed by atoms with Gasteiger partial charge in [0.05, 0.1) is 17.7 Å². The lowest BCUT2D eigenvalue weighted by atomic mass is 10.0. The Kier molecular flexibility index (Phi) is 7.23. The number of aromatic amines is 1. The number of carbonyl (C=O) groups is 1. The zero-order valence-corrected chi connectivity index (χ0v) is 19.9. The number of ether oxygens (including phenoxy) is 1. The number of rotatable bonds is 7. The Labute approximate surface area is 206 Å². The van der Waals surface area contributed by atoms with Crippen molar-refractivity contribution < 1.29 is 22.7 Å². The average molecular weight is 510 g/mol. The summed E-state index contributed by atoms with van der Waals surface area (Å²) >= 11 is 0. The second kappa shape index (κ2) is 10.0. The molecule has 2 heterocycles. The van der Waals surface area contributed by atoms with E-state index in [1.54, 1.807) is 6.92 Å². The Bertz CT molecular complexity index is 1220. The summed E-state index contributed by atoms with van der Waals surface area (Å²) in [6.45, 7) is 2.23.